The van der Waals surface area contributed by atoms with Gasteiger partial charge in [0.1, 0.15) is 5.52 Å². The molecule has 0 unspecified atom stereocenters. The molecule has 3 rings (SSSR count). The maximum Gasteiger partial charge on any atom is 0.220 e. The van der Waals surface area contributed by atoms with E-state index in [9.17, 15) is 0 Å². The molecule has 2 heterocycles. The van der Waals surface area contributed by atoms with Gasteiger partial charge in [0.25, 0.3) is 0 Å². The normalized spacial score (nSPS) is 10.8. The van der Waals surface area contributed by atoms with E-state index in [0.29, 0.717) is 17.2 Å². The Balaban J connectivity index is 2.19. The number of fused-ring (bicyclic) bond motifs is 1. The number of aryl methyl sites for hydroxylation is 1. The van der Waals surface area contributed by atoms with Crippen LogP contribution >= 0.6 is 0 Å². The number of hydrogen-bond donors (Lipinski definition) is 1. The number of hydrogen-bond acceptors (Lipinski definition) is 7. The summed E-state index contributed by atoms with van der Waals surface area (Å²) in [5, 5.41) is 0. The van der Waals surface area contributed by atoms with E-state index >= 15 is 0 Å². The molecule has 0 aliphatic heterocycles. The van der Waals surface area contributed by atoms with Crippen LogP contribution in [-0.2, 0) is 6.42 Å². The minimum Gasteiger partial charge on any atom is -0.493 e. The second-order valence-corrected chi connectivity index (χ2v) is 5.76. The van der Waals surface area contributed by atoms with Gasteiger partial charge < -0.3 is 19.9 Å². The van der Waals surface area contributed by atoms with Crippen LogP contribution in [0.4, 0.5) is 5.95 Å². The van der Waals surface area contributed by atoms with Gasteiger partial charge in [-0.3, -0.25) is 0 Å². The van der Waals surface area contributed by atoms with Crippen molar-refractivity contribution in [2.24, 2.45) is 0 Å². The highest BCUT2D eigenvalue weighted by atomic mass is 16.5. The molecule has 3 aromatic rings. The van der Waals surface area contributed by atoms with Gasteiger partial charge in [-0.1, -0.05) is 13.3 Å². The first-order chi connectivity index (χ1) is 12.6. The van der Waals surface area contributed by atoms with Crippen LogP contribution in [0.15, 0.2) is 24.3 Å². The molecule has 136 valence electrons. The van der Waals surface area contributed by atoms with Gasteiger partial charge >= 0.3 is 0 Å². The lowest BCUT2D eigenvalue weighted by atomic mass is 10.1. The minimum absolute atomic E-state index is 0.267. The van der Waals surface area contributed by atoms with Crippen molar-refractivity contribution in [1.29, 1.82) is 0 Å². The smallest absolute Gasteiger partial charge is 0.220 e. The summed E-state index contributed by atoms with van der Waals surface area (Å²) in [5.74, 6) is 1.96. The van der Waals surface area contributed by atoms with Crippen molar-refractivity contribution in [3.8, 4) is 28.5 Å². The van der Waals surface area contributed by atoms with Crippen molar-refractivity contribution in [2.75, 3.05) is 27.1 Å². The number of pyridine rings is 1. The zero-order chi connectivity index (χ0) is 18.7. The van der Waals surface area contributed by atoms with Crippen LogP contribution in [0.2, 0.25) is 0 Å². The fourth-order valence-corrected chi connectivity index (χ4v) is 2.89. The quantitative estimate of drug-likeness (QED) is 0.726. The average molecular weight is 354 g/mol. The predicted octanol–water partition coefficient (Wildman–Crippen LogP) is 3.25. The van der Waals surface area contributed by atoms with Gasteiger partial charge in [0.2, 0.25) is 11.7 Å². The van der Waals surface area contributed by atoms with Crippen LogP contribution in [0.1, 0.15) is 19.0 Å². The molecule has 26 heavy (non-hydrogen) atoms. The summed E-state index contributed by atoms with van der Waals surface area (Å²) in [6.07, 6.45) is 1.73. The maximum absolute atomic E-state index is 5.81. The van der Waals surface area contributed by atoms with E-state index < -0.39 is 0 Å². The van der Waals surface area contributed by atoms with Crippen LogP contribution < -0.4 is 19.9 Å². The third-order valence-corrected chi connectivity index (χ3v) is 4.08. The fourth-order valence-electron chi connectivity index (χ4n) is 2.89. The number of nitrogens with two attached hydrogens (primary N) is 1. The molecule has 0 aliphatic carbocycles. The Labute approximate surface area is 152 Å². The number of nitrogen functional groups attached to an aromatic ring is 1. The molecule has 7 nitrogen and oxygen atoms in total. The van der Waals surface area contributed by atoms with Gasteiger partial charge in [0, 0.05) is 5.56 Å². The van der Waals surface area contributed by atoms with E-state index in [0.717, 1.165) is 40.8 Å². The molecular formula is C19H22N4O3. The lowest BCUT2D eigenvalue weighted by Crippen LogP contribution is -2.03. The Morgan fingerprint density at radius 3 is 2.19 bits per heavy atom. The molecule has 2 N–H and O–H groups in total. The minimum atomic E-state index is 0.267. The first-order valence-corrected chi connectivity index (χ1v) is 8.34. The topological polar surface area (TPSA) is 92.4 Å². The van der Waals surface area contributed by atoms with E-state index in [4.69, 9.17) is 24.9 Å². The summed E-state index contributed by atoms with van der Waals surface area (Å²) in [7, 11) is 4.75. The van der Waals surface area contributed by atoms with Gasteiger partial charge in [-0.15, -0.1) is 0 Å². The highest BCUT2D eigenvalue weighted by Crippen LogP contribution is 2.41. The van der Waals surface area contributed by atoms with Crippen molar-refractivity contribution < 1.29 is 14.2 Å². The molecule has 0 atom stereocenters. The third-order valence-electron chi connectivity index (χ3n) is 4.08. The highest BCUT2D eigenvalue weighted by Gasteiger charge is 2.16. The summed E-state index contributed by atoms with van der Waals surface area (Å²) in [6.45, 7) is 2.09. The van der Waals surface area contributed by atoms with Gasteiger partial charge in [0.15, 0.2) is 11.5 Å². The number of methoxy groups -OCH3 is 3. The molecule has 0 radical (unpaired) electrons. The summed E-state index contributed by atoms with van der Waals surface area (Å²) in [4.78, 5) is 13.4. The Kier molecular flexibility index (Phi) is 5.06. The van der Waals surface area contributed by atoms with E-state index in [2.05, 4.69) is 16.9 Å². The Bertz CT molecular complexity index is 918. The molecule has 1 aromatic carbocycles. The number of aromatic nitrogens is 3. The number of rotatable bonds is 6. The molecule has 0 saturated carbocycles. The standard InChI is InChI=1S/C19H22N4O3/c1-5-6-13-17-14(23-19(20)22-13)8-7-12(21-17)11-9-15(24-2)18(26-4)16(10-11)25-3/h7-10H,5-6H2,1-4H3,(H2,20,22,23). The molecule has 0 spiro atoms. The lowest BCUT2D eigenvalue weighted by Gasteiger charge is -2.14. The average Bonchev–Trinajstić information content (AvgIpc) is 2.66. The van der Waals surface area contributed by atoms with Crippen molar-refractivity contribution in [3.63, 3.8) is 0 Å². The molecule has 7 heteroatoms. The highest BCUT2D eigenvalue weighted by molar-refractivity contribution is 5.81. The van der Waals surface area contributed by atoms with Crippen LogP contribution in [0.3, 0.4) is 0 Å². The lowest BCUT2D eigenvalue weighted by molar-refractivity contribution is 0.324. The SMILES string of the molecule is CCCc1nc(N)nc2ccc(-c3cc(OC)c(OC)c(OC)c3)nc12. The predicted molar refractivity (Wildman–Crippen MR) is 101 cm³/mol. The molecular weight excluding hydrogens is 332 g/mol. The van der Waals surface area contributed by atoms with Gasteiger partial charge in [-0.2, -0.15) is 0 Å². The second-order valence-electron chi connectivity index (χ2n) is 5.76. The first-order valence-electron chi connectivity index (χ1n) is 8.34. The summed E-state index contributed by atoms with van der Waals surface area (Å²) >= 11 is 0. The largest absolute Gasteiger partial charge is 0.493 e. The summed E-state index contributed by atoms with van der Waals surface area (Å²) < 4.78 is 16.2. The maximum atomic E-state index is 5.81. The van der Waals surface area contributed by atoms with Crippen LogP contribution in [0.25, 0.3) is 22.3 Å². The number of ether oxygens (including phenoxy) is 3. The Morgan fingerprint density at radius 2 is 1.62 bits per heavy atom. The van der Waals surface area contributed by atoms with Crippen LogP contribution in [-0.4, -0.2) is 36.3 Å². The first kappa shape index (κ1) is 17.7. The van der Waals surface area contributed by atoms with Crippen molar-refractivity contribution in [2.45, 2.75) is 19.8 Å². The molecule has 0 saturated heterocycles. The van der Waals surface area contributed by atoms with Crippen molar-refractivity contribution in [1.82, 2.24) is 15.0 Å². The zero-order valence-corrected chi connectivity index (χ0v) is 15.4. The van der Waals surface area contributed by atoms with Crippen molar-refractivity contribution >= 4 is 17.0 Å². The number of nitrogens with zero attached hydrogens (tertiary/aromatic N) is 3. The van der Waals surface area contributed by atoms with Crippen LogP contribution in [0, 0.1) is 0 Å². The van der Waals surface area contributed by atoms with E-state index in [1.54, 1.807) is 21.3 Å². The van der Waals surface area contributed by atoms with Gasteiger partial charge in [0.05, 0.1) is 38.2 Å². The van der Waals surface area contributed by atoms with Gasteiger partial charge in [-0.25, -0.2) is 15.0 Å². The Morgan fingerprint density at radius 1 is 0.923 bits per heavy atom. The van der Waals surface area contributed by atoms with Crippen LogP contribution in [0.5, 0.6) is 17.2 Å². The zero-order valence-electron chi connectivity index (χ0n) is 15.4. The molecule has 0 fully saturated rings. The summed E-state index contributed by atoms with van der Waals surface area (Å²) in [6, 6.07) is 7.53. The molecule has 0 aliphatic rings. The van der Waals surface area contributed by atoms with E-state index in [1.807, 2.05) is 24.3 Å². The Hall–Kier alpha value is -3.09. The molecule has 0 amide bonds. The molecule has 0 bridgehead atoms. The van der Waals surface area contributed by atoms with Gasteiger partial charge in [-0.05, 0) is 30.7 Å². The number of benzene rings is 1. The monoisotopic (exact) mass is 354 g/mol. The van der Waals surface area contributed by atoms with Crippen molar-refractivity contribution in [3.05, 3.63) is 30.0 Å². The fraction of sp³-hybridized carbons (Fsp3) is 0.316. The van der Waals surface area contributed by atoms with E-state index in [-0.39, 0.29) is 5.95 Å². The summed E-state index contributed by atoms with van der Waals surface area (Å²) in [5.41, 5.74) is 9.77. The van der Waals surface area contributed by atoms with E-state index in [1.165, 1.54) is 0 Å². The molecule has 2 aromatic heterocycles. The number of anilines is 1. The third kappa shape index (κ3) is 3.20. The second kappa shape index (κ2) is 7.43.